The van der Waals surface area contributed by atoms with Gasteiger partial charge in [0.05, 0.1) is 23.2 Å². The van der Waals surface area contributed by atoms with Gasteiger partial charge in [0.1, 0.15) is 0 Å². The zero-order valence-corrected chi connectivity index (χ0v) is 28.4. The molecule has 0 radical (unpaired) electrons. The van der Waals surface area contributed by atoms with Crippen molar-refractivity contribution in [3.63, 3.8) is 0 Å². The number of nitrogens with one attached hydrogen (secondary N) is 2. The molecule has 0 spiro atoms. The number of H-pyrrole nitrogens is 1. The van der Waals surface area contributed by atoms with Crippen molar-refractivity contribution in [1.29, 1.82) is 0 Å². The monoisotopic (exact) mass is 655 g/mol. The van der Waals surface area contributed by atoms with Crippen molar-refractivity contribution < 1.29 is 9.22 Å². The van der Waals surface area contributed by atoms with Crippen LogP contribution in [0.3, 0.4) is 0 Å². The Hall–Kier alpha value is -2.97. The standard InChI is InChI=1S/C36H42BrN3O2Si/c1-6-25(23-42-43(36(2,3)4,26-14-9-7-10-15-26)27-16-11-8-12-17-27)38-35(41)24-20-29-28-18-13-19-31-33(28)30(34(37)39-31)21-32(29)40(5)22-24/h7-20,24-25,32,39H,6,21-23H2,1-5H3,(H,38,41)/t24-,25+,32-/m1/s1. The van der Waals surface area contributed by atoms with Gasteiger partial charge in [0.2, 0.25) is 5.91 Å². The Labute approximate surface area is 265 Å². The highest BCUT2D eigenvalue weighted by atomic mass is 79.9. The first-order valence-corrected chi connectivity index (χ1v) is 18.1. The summed E-state index contributed by atoms with van der Waals surface area (Å²) in [5.74, 6) is -0.152. The molecule has 224 valence electrons. The van der Waals surface area contributed by atoms with Crippen molar-refractivity contribution in [1.82, 2.24) is 15.2 Å². The first-order valence-electron chi connectivity index (χ1n) is 15.4. The maximum Gasteiger partial charge on any atom is 0.261 e. The highest BCUT2D eigenvalue weighted by molar-refractivity contribution is 9.10. The van der Waals surface area contributed by atoms with Crippen LogP contribution in [0.1, 0.15) is 45.2 Å². The Morgan fingerprint density at radius 3 is 2.30 bits per heavy atom. The van der Waals surface area contributed by atoms with Gasteiger partial charge in [-0.05, 0) is 74.0 Å². The highest BCUT2D eigenvalue weighted by Crippen LogP contribution is 2.43. The minimum atomic E-state index is -2.69. The van der Waals surface area contributed by atoms with E-state index in [9.17, 15) is 4.79 Å². The van der Waals surface area contributed by atoms with Gasteiger partial charge in [-0.1, -0.05) is 107 Å². The number of aromatic nitrogens is 1. The molecule has 1 aromatic heterocycles. The number of hydrogen-bond donors (Lipinski definition) is 2. The van der Waals surface area contributed by atoms with Crippen molar-refractivity contribution >= 4 is 57.0 Å². The third-order valence-corrected chi connectivity index (χ3v) is 15.1. The Bertz CT molecular complexity index is 1600. The molecule has 3 atom stereocenters. The predicted molar refractivity (Wildman–Crippen MR) is 183 cm³/mol. The van der Waals surface area contributed by atoms with E-state index in [4.69, 9.17) is 4.43 Å². The number of nitrogens with zero attached hydrogens (tertiary/aromatic N) is 1. The van der Waals surface area contributed by atoms with Gasteiger partial charge in [0.25, 0.3) is 8.32 Å². The predicted octanol–water partition coefficient (Wildman–Crippen LogP) is 6.27. The summed E-state index contributed by atoms with van der Waals surface area (Å²) in [4.78, 5) is 19.7. The van der Waals surface area contributed by atoms with E-state index >= 15 is 0 Å². The number of carbonyl (C=O) groups excluding carboxylic acids is 1. The summed E-state index contributed by atoms with van der Waals surface area (Å²) >= 11 is 3.75. The molecule has 4 aromatic rings. The fraction of sp³-hybridized carbons (Fsp3) is 0.361. The number of rotatable bonds is 8. The summed E-state index contributed by atoms with van der Waals surface area (Å²) < 4.78 is 8.25. The van der Waals surface area contributed by atoms with Crippen LogP contribution in [-0.2, 0) is 15.6 Å². The molecule has 5 nitrogen and oxygen atoms in total. The van der Waals surface area contributed by atoms with Crippen molar-refractivity contribution in [2.75, 3.05) is 20.2 Å². The molecule has 0 saturated heterocycles. The van der Waals surface area contributed by atoms with Gasteiger partial charge >= 0.3 is 0 Å². The molecule has 0 saturated carbocycles. The molecule has 0 bridgehead atoms. The summed E-state index contributed by atoms with van der Waals surface area (Å²) in [5.41, 5.74) is 4.96. The lowest BCUT2D eigenvalue weighted by molar-refractivity contribution is -0.125. The van der Waals surface area contributed by atoms with E-state index in [1.54, 1.807) is 0 Å². The Morgan fingerprint density at radius 1 is 1.05 bits per heavy atom. The largest absolute Gasteiger partial charge is 0.405 e. The van der Waals surface area contributed by atoms with E-state index in [2.05, 4.69) is 151 Å². The quantitative estimate of drug-likeness (QED) is 0.220. The van der Waals surface area contributed by atoms with Crippen molar-refractivity contribution in [3.05, 3.63) is 101 Å². The molecule has 0 unspecified atom stereocenters. The van der Waals surface area contributed by atoms with Gasteiger partial charge in [-0.2, -0.15) is 0 Å². The lowest BCUT2D eigenvalue weighted by Crippen LogP contribution is -2.67. The van der Waals surface area contributed by atoms with Gasteiger partial charge in [-0.15, -0.1) is 0 Å². The van der Waals surface area contributed by atoms with Gasteiger partial charge in [-0.3, -0.25) is 9.69 Å². The lowest BCUT2D eigenvalue weighted by atomic mass is 9.79. The van der Waals surface area contributed by atoms with Crippen LogP contribution in [0.2, 0.25) is 5.04 Å². The molecule has 3 aromatic carbocycles. The van der Waals surface area contributed by atoms with Crippen LogP contribution in [0, 0.1) is 5.92 Å². The minimum Gasteiger partial charge on any atom is -0.405 e. The topological polar surface area (TPSA) is 57.4 Å². The van der Waals surface area contributed by atoms with E-state index in [0.717, 1.165) is 23.0 Å². The number of hydrogen-bond acceptors (Lipinski definition) is 3. The minimum absolute atomic E-state index is 0.0731. The number of aromatic amines is 1. The van der Waals surface area contributed by atoms with Gasteiger partial charge < -0.3 is 14.7 Å². The first kappa shape index (κ1) is 30.1. The second-order valence-electron chi connectivity index (χ2n) is 13.1. The summed E-state index contributed by atoms with van der Waals surface area (Å²) in [6, 6.07) is 28.0. The van der Waals surface area contributed by atoms with E-state index in [-0.39, 0.29) is 28.9 Å². The number of likely N-dealkylation sites (N-methyl/N-ethyl adjacent to an activating group) is 1. The second kappa shape index (κ2) is 11.8. The highest BCUT2D eigenvalue weighted by Gasteiger charge is 2.50. The molecule has 1 amide bonds. The van der Waals surface area contributed by atoms with Crippen LogP contribution < -0.4 is 15.7 Å². The van der Waals surface area contributed by atoms with Crippen molar-refractivity contribution in [2.45, 2.75) is 57.7 Å². The molecule has 7 heteroatoms. The van der Waals surface area contributed by atoms with Crippen molar-refractivity contribution in [2.24, 2.45) is 5.92 Å². The van der Waals surface area contributed by atoms with E-state index < -0.39 is 8.32 Å². The Morgan fingerprint density at radius 2 is 1.70 bits per heavy atom. The third-order valence-electron chi connectivity index (χ3n) is 9.43. The van der Waals surface area contributed by atoms with Gasteiger partial charge in [-0.25, -0.2) is 0 Å². The third kappa shape index (κ3) is 5.35. The number of benzene rings is 3. The molecule has 6 rings (SSSR count). The first-order chi connectivity index (χ1) is 20.6. The molecule has 1 aliphatic heterocycles. The second-order valence-corrected chi connectivity index (χ2v) is 18.2. The van der Waals surface area contributed by atoms with Crippen LogP contribution in [0.4, 0.5) is 0 Å². The van der Waals surface area contributed by atoms with E-state index in [0.29, 0.717) is 13.2 Å². The van der Waals surface area contributed by atoms with E-state index in [1.807, 2.05) is 0 Å². The number of halogens is 1. The zero-order valence-electron chi connectivity index (χ0n) is 25.8. The maximum absolute atomic E-state index is 13.9. The summed E-state index contributed by atoms with van der Waals surface area (Å²) in [7, 11) is -0.544. The fourth-order valence-corrected chi connectivity index (χ4v) is 12.4. The fourth-order valence-electron chi connectivity index (χ4n) is 7.22. The molecule has 43 heavy (non-hydrogen) atoms. The van der Waals surface area contributed by atoms with Crippen LogP contribution in [0.15, 0.2) is 89.5 Å². The molecular weight excluding hydrogens is 614 g/mol. The van der Waals surface area contributed by atoms with Crippen molar-refractivity contribution in [3.8, 4) is 0 Å². The van der Waals surface area contributed by atoms with Gasteiger partial charge in [0.15, 0.2) is 0 Å². The van der Waals surface area contributed by atoms with Crippen LogP contribution in [-0.4, -0.2) is 56.4 Å². The number of fused-ring (bicyclic) bond motifs is 2. The summed E-state index contributed by atoms with van der Waals surface area (Å²) in [5, 5.41) is 7.07. The zero-order chi connectivity index (χ0) is 30.4. The molecule has 2 aliphatic rings. The molecule has 2 heterocycles. The van der Waals surface area contributed by atoms with Crippen LogP contribution in [0.5, 0.6) is 0 Å². The lowest BCUT2D eigenvalue weighted by Gasteiger charge is -2.44. The SMILES string of the molecule is CC[C@@H](CO[Si](c1ccccc1)(c1ccccc1)C(C)(C)C)NC(=O)[C@@H]1C=C2c3cccc4[nH]c(Br)c(c34)C[C@H]2N(C)C1. The maximum atomic E-state index is 13.9. The van der Waals surface area contributed by atoms with Crippen LogP contribution >= 0.6 is 15.9 Å². The van der Waals surface area contributed by atoms with Crippen LogP contribution in [0.25, 0.3) is 16.5 Å². The number of amides is 1. The average Bonchev–Trinajstić information content (AvgIpc) is 3.33. The molecule has 0 fully saturated rings. The molecule has 2 N–H and O–H groups in total. The Balaban J connectivity index is 1.26. The normalized spacial score (nSPS) is 19.5. The molecular formula is C36H42BrN3O2Si. The summed E-state index contributed by atoms with van der Waals surface area (Å²) in [6.45, 7) is 10.2. The average molecular weight is 657 g/mol. The molecule has 1 aliphatic carbocycles. The van der Waals surface area contributed by atoms with Gasteiger partial charge in [0, 0.05) is 23.5 Å². The summed E-state index contributed by atoms with van der Waals surface area (Å²) in [6.07, 6.45) is 3.96. The smallest absolute Gasteiger partial charge is 0.261 e. The number of carbonyl (C=O) groups is 1. The van der Waals surface area contributed by atoms with E-state index in [1.165, 1.54) is 32.5 Å². The Kier molecular flexibility index (Phi) is 8.28.